The Kier molecular flexibility index (Phi) is 5.38. The van der Waals surface area contributed by atoms with E-state index >= 15 is 0 Å². The maximum Gasteiger partial charge on any atom is 0.315 e. The third kappa shape index (κ3) is 5.41. The van der Waals surface area contributed by atoms with Crippen molar-refractivity contribution >= 4 is 15.9 Å². The zero-order valence-corrected chi connectivity index (χ0v) is 13.9. The second kappa shape index (κ2) is 7.28. The monoisotopic (exact) mass is 336 g/mol. The Morgan fingerprint density at radius 3 is 2.57 bits per heavy atom. The van der Waals surface area contributed by atoms with Crippen LogP contribution in [0.15, 0.2) is 47.6 Å². The van der Waals surface area contributed by atoms with Gasteiger partial charge in [0, 0.05) is 31.2 Å². The normalized spacial score (nSPS) is 12.6. The van der Waals surface area contributed by atoms with Gasteiger partial charge in [-0.2, -0.15) is 5.10 Å². The van der Waals surface area contributed by atoms with Crippen LogP contribution >= 0.6 is 0 Å². The van der Waals surface area contributed by atoms with Crippen LogP contribution in [0.3, 0.4) is 0 Å². The third-order valence-corrected chi connectivity index (χ3v) is 4.33. The lowest BCUT2D eigenvalue weighted by atomic mass is 10.2. The van der Waals surface area contributed by atoms with Crippen molar-refractivity contribution in [2.75, 3.05) is 6.26 Å². The maximum absolute atomic E-state index is 11.8. The van der Waals surface area contributed by atoms with Gasteiger partial charge in [-0.15, -0.1) is 0 Å². The molecule has 2 aromatic rings. The van der Waals surface area contributed by atoms with Crippen LogP contribution in [0.5, 0.6) is 0 Å². The van der Waals surface area contributed by atoms with Gasteiger partial charge in [0.05, 0.1) is 11.4 Å². The van der Waals surface area contributed by atoms with Crippen molar-refractivity contribution in [2.45, 2.75) is 31.0 Å². The van der Waals surface area contributed by atoms with E-state index in [0.717, 1.165) is 11.8 Å². The highest BCUT2D eigenvalue weighted by molar-refractivity contribution is 7.90. The lowest BCUT2D eigenvalue weighted by molar-refractivity contribution is 0.235. The van der Waals surface area contributed by atoms with Gasteiger partial charge in [-0.1, -0.05) is 12.1 Å². The summed E-state index contributed by atoms with van der Waals surface area (Å²) in [5.41, 5.74) is 0.826. The van der Waals surface area contributed by atoms with Crippen molar-refractivity contribution in [2.24, 2.45) is 0 Å². The predicted molar refractivity (Wildman–Crippen MR) is 86.6 cm³/mol. The number of aromatic nitrogens is 2. The van der Waals surface area contributed by atoms with Crippen molar-refractivity contribution < 1.29 is 13.2 Å². The van der Waals surface area contributed by atoms with E-state index in [4.69, 9.17) is 0 Å². The molecule has 2 N–H and O–H groups in total. The molecule has 1 aromatic heterocycles. The summed E-state index contributed by atoms with van der Waals surface area (Å²) >= 11 is 0. The SMILES string of the molecule is C[C@@H](Cn1cccn1)NC(=O)NCc1ccc(S(C)(=O)=O)cc1. The number of benzene rings is 1. The Morgan fingerprint density at radius 2 is 2.00 bits per heavy atom. The standard InChI is InChI=1S/C15H20N4O3S/c1-12(11-19-9-3-8-17-19)18-15(20)16-10-13-4-6-14(7-5-13)23(2,21)22/h3-9,12H,10-11H2,1-2H3,(H2,16,18,20)/t12-/m0/s1. The summed E-state index contributed by atoms with van der Waals surface area (Å²) in [4.78, 5) is 12.1. The van der Waals surface area contributed by atoms with E-state index in [1.807, 2.05) is 19.2 Å². The Morgan fingerprint density at radius 1 is 1.30 bits per heavy atom. The molecule has 0 aliphatic rings. The molecule has 1 atom stereocenters. The molecule has 2 amide bonds. The molecule has 0 aliphatic carbocycles. The summed E-state index contributed by atoms with van der Waals surface area (Å²) in [7, 11) is -3.20. The molecule has 0 saturated carbocycles. The summed E-state index contributed by atoms with van der Waals surface area (Å²) < 4.78 is 24.5. The predicted octanol–water partition coefficient (Wildman–Crippen LogP) is 1.17. The number of urea groups is 1. The molecule has 1 aromatic carbocycles. The number of carbonyl (C=O) groups is 1. The Bertz CT molecular complexity index is 740. The fourth-order valence-corrected chi connectivity index (χ4v) is 2.68. The van der Waals surface area contributed by atoms with Crippen molar-refractivity contribution in [3.63, 3.8) is 0 Å². The van der Waals surface area contributed by atoms with Crippen LogP contribution in [0.2, 0.25) is 0 Å². The minimum absolute atomic E-state index is 0.0671. The highest BCUT2D eigenvalue weighted by Crippen LogP contribution is 2.10. The van der Waals surface area contributed by atoms with Crippen LogP contribution in [0, 0.1) is 0 Å². The number of hydrogen-bond acceptors (Lipinski definition) is 4. The molecule has 0 fully saturated rings. The van der Waals surface area contributed by atoms with Gasteiger partial charge in [0.15, 0.2) is 9.84 Å². The molecule has 124 valence electrons. The molecular weight excluding hydrogens is 316 g/mol. The number of nitrogens with one attached hydrogen (secondary N) is 2. The summed E-state index contributed by atoms with van der Waals surface area (Å²) in [6.07, 6.45) is 4.68. The average Bonchev–Trinajstić information content (AvgIpc) is 2.97. The largest absolute Gasteiger partial charge is 0.334 e. The molecule has 0 unspecified atom stereocenters. The first-order chi connectivity index (χ1) is 10.8. The molecule has 0 spiro atoms. The first-order valence-corrected chi connectivity index (χ1v) is 9.04. The van der Waals surface area contributed by atoms with E-state index in [1.54, 1.807) is 23.0 Å². The molecular formula is C15H20N4O3S. The smallest absolute Gasteiger partial charge is 0.315 e. The van der Waals surface area contributed by atoms with Crippen LogP contribution in [-0.4, -0.2) is 36.5 Å². The van der Waals surface area contributed by atoms with Crippen LogP contribution < -0.4 is 10.6 Å². The number of carbonyl (C=O) groups excluding carboxylic acids is 1. The number of nitrogens with zero attached hydrogens (tertiary/aromatic N) is 2. The highest BCUT2D eigenvalue weighted by Gasteiger charge is 2.09. The zero-order chi connectivity index (χ0) is 16.9. The van der Waals surface area contributed by atoms with E-state index in [1.165, 1.54) is 12.1 Å². The first kappa shape index (κ1) is 17.0. The molecule has 0 radical (unpaired) electrons. The summed E-state index contributed by atoms with van der Waals surface area (Å²) in [5.74, 6) is 0. The fourth-order valence-electron chi connectivity index (χ4n) is 2.05. The lowest BCUT2D eigenvalue weighted by Crippen LogP contribution is -2.42. The molecule has 23 heavy (non-hydrogen) atoms. The minimum Gasteiger partial charge on any atom is -0.334 e. The number of sulfone groups is 1. The van der Waals surface area contributed by atoms with E-state index in [2.05, 4.69) is 15.7 Å². The molecule has 2 rings (SSSR count). The zero-order valence-electron chi connectivity index (χ0n) is 13.1. The van der Waals surface area contributed by atoms with Crippen molar-refractivity contribution in [1.82, 2.24) is 20.4 Å². The highest BCUT2D eigenvalue weighted by atomic mass is 32.2. The number of amides is 2. The number of hydrogen-bond donors (Lipinski definition) is 2. The quantitative estimate of drug-likeness (QED) is 0.828. The fraction of sp³-hybridized carbons (Fsp3) is 0.333. The van der Waals surface area contributed by atoms with Crippen LogP contribution in [0.1, 0.15) is 12.5 Å². The van der Waals surface area contributed by atoms with Gasteiger partial charge >= 0.3 is 6.03 Å². The van der Waals surface area contributed by atoms with Gasteiger partial charge < -0.3 is 10.6 Å². The second-order valence-electron chi connectivity index (χ2n) is 5.37. The van der Waals surface area contributed by atoms with Gasteiger partial charge in [-0.3, -0.25) is 4.68 Å². The Labute approximate surface area is 135 Å². The van der Waals surface area contributed by atoms with Gasteiger partial charge in [-0.05, 0) is 30.7 Å². The molecule has 0 saturated heterocycles. The van der Waals surface area contributed by atoms with Gasteiger partial charge in [0.1, 0.15) is 0 Å². The van der Waals surface area contributed by atoms with Crippen LogP contribution in [-0.2, 0) is 22.9 Å². The molecule has 0 aliphatic heterocycles. The minimum atomic E-state index is -3.20. The summed E-state index contributed by atoms with van der Waals surface area (Å²) in [6.45, 7) is 2.80. The summed E-state index contributed by atoms with van der Waals surface area (Å²) in [5, 5.41) is 9.64. The number of rotatable bonds is 6. The van der Waals surface area contributed by atoms with Crippen LogP contribution in [0.25, 0.3) is 0 Å². The summed E-state index contributed by atoms with van der Waals surface area (Å²) in [6, 6.07) is 7.91. The van der Waals surface area contributed by atoms with E-state index in [-0.39, 0.29) is 17.0 Å². The van der Waals surface area contributed by atoms with E-state index in [0.29, 0.717) is 13.1 Å². The Hall–Kier alpha value is -2.35. The van der Waals surface area contributed by atoms with Crippen molar-refractivity contribution in [3.8, 4) is 0 Å². The van der Waals surface area contributed by atoms with Gasteiger partial charge in [-0.25, -0.2) is 13.2 Å². The maximum atomic E-state index is 11.8. The molecule has 1 heterocycles. The van der Waals surface area contributed by atoms with E-state index in [9.17, 15) is 13.2 Å². The topological polar surface area (TPSA) is 93.1 Å². The van der Waals surface area contributed by atoms with Gasteiger partial charge in [0.2, 0.25) is 0 Å². The van der Waals surface area contributed by atoms with Gasteiger partial charge in [0.25, 0.3) is 0 Å². The van der Waals surface area contributed by atoms with Crippen LogP contribution in [0.4, 0.5) is 4.79 Å². The lowest BCUT2D eigenvalue weighted by Gasteiger charge is -2.14. The molecule has 7 nitrogen and oxygen atoms in total. The average molecular weight is 336 g/mol. The molecule has 0 bridgehead atoms. The first-order valence-electron chi connectivity index (χ1n) is 7.15. The Balaban J connectivity index is 1.80. The van der Waals surface area contributed by atoms with Crippen molar-refractivity contribution in [3.05, 3.63) is 48.3 Å². The van der Waals surface area contributed by atoms with E-state index < -0.39 is 9.84 Å². The van der Waals surface area contributed by atoms with Crippen molar-refractivity contribution in [1.29, 1.82) is 0 Å². The molecule has 8 heteroatoms. The third-order valence-electron chi connectivity index (χ3n) is 3.20. The second-order valence-corrected chi connectivity index (χ2v) is 7.39.